The van der Waals surface area contributed by atoms with Crippen molar-refractivity contribution in [3.05, 3.63) is 30.5 Å². The number of carbonyl (C=O) groups excluding carboxylic acids is 1. The second-order valence-corrected chi connectivity index (χ2v) is 3.83. The Hall–Kier alpha value is -3.04. The Kier molecular flexibility index (Phi) is 3.18. The van der Waals surface area contributed by atoms with Crippen molar-refractivity contribution < 1.29 is 9.21 Å². The van der Waals surface area contributed by atoms with Gasteiger partial charge >= 0.3 is 0 Å². The monoisotopic (exact) mass is 274 g/mol. The number of nitrogens with zero attached hydrogens (tertiary/aromatic N) is 6. The van der Waals surface area contributed by atoms with Crippen molar-refractivity contribution in [1.29, 1.82) is 0 Å². The van der Waals surface area contributed by atoms with E-state index in [-0.39, 0.29) is 19.0 Å². The van der Waals surface area contributed by atoms with Gasteiger partial charge in [-0.1, -0.05) is 0 Å². The molecule has 0 bridgehead atoms. The first-order valence-corrected chi connectivity index (χ1v) is 5.74. The van der Waals surface area contributed by atoms with Crippen molar-refractivity contribution in [3.63, 3.8) is 0 Å². The van der Waals surface area contributed by atoms with Gasteiger partial charge in [0.15, 0.2) is 5.76 Å². The van der Waals surface area contributed by atoms with Crippen LogP contribution >= 0.6 is 0 Å². The minimum Gasteiger partial charge on any atom is -0.461 e. The van der Waals surface area contributed by atoms with E-state index in [0.29, 0.717) is 17.4 Å². The lowest BCUT2D eigenvalue weighted by Crippen LogP contribution is -2.28. The van der Waals surface area contributed by atoms with Crippen molar-refractivity contribution in [2.45, 2.75) is 13.1 Å². The predicted molar refractivity (Wildman–Crippen MR) is 63.7 cm³/mol. The van der Waals surface area contributed by atoms with Crippen LogP contribution in [0.15, 0.2) is 29.1 Å². The van der Waals surface area contributed by atoms with E-state index in [9.17, 15) is 4.79 Å². The molecule has 3 aromatic heterocycles. The lowest BCUT2D eigenvalue weighted by molar-refractivity contribution is -0.122. The Balaban J connectivity index is 1.56. The van der Waals surface area contributed by atoms with Gasteiger partial charge in [0, 0.05) is 0 Å². The van der Waals surface area contributed by atoms with Gasteiger partial charge in [0.2, 0.25) is 11.7 Å². The van der Waals surface area contributed by atoms with E-state index >= 15 is 0 Å². The molecule has 0 saturated carbocycles. The molecule has 10 heteroatoms. The third-order valence-electron chi connectivity index (χ3n) is 2.40. The van der Waals surface area contributed by atoms with Gasteiger partial charge in [-0.05, 0) is 17.3 Å². The van der Waals surface area contributed by atoms with Crippen LogP contribution in [0.25, 0.3) is 11.6 Å². The van der Waals surface area contributed by atoms with Crippen LogP contribution in [-0.4, -0.2) is 41.3 Å². The zero-order valence-electron chi connectivity index (χ0n) is 10.2. The molecule has 0 radical (unpaired) electrons. The molecule has 102 valence electrons. The van der Waals surface area contributed by atoms with Crippen LogP contribution < -0.4 is 5.32 Å². The maximum Gasteiger partial charge on any atom is 0.244 e. The Morgan fingerprint density at radius 3 is 3.20 bits per heavy atom. The third-order valence-corrected chi connectivity index (χ3v) is 2.40. The van der Waals surface area contributed by atoms with Crippen molar-refractivity contribution in [1.82, 2.24) is 40.7 Å². The van der Waals surface area contributed by atoms with E-state index in [2.05, 4.69) is 35.9 Å². The smallest absolute Gasteiger partial charge is 0.244 e. The molecule has 0 atom stereocenters. The van der Waals surface area contributed by atoms with E-state index in [0.717, 1.165) is 0 Å². The first-order valence-electron chi connectivity index (χ1n) is 5.74. The predicted octanol–water partition coefficient (Wildman–Crippen LogP) is -0.632. The van der Waals surface area contributed by atoms with Crippen molar-refractivity contribution in [2.75, 3.05) is 0 Å². The number of rotatable bonds is 5. The standard InChI is InChI=1S/C10H10N8O2/c19-9(11-4-8-12-6-13-14-8)5-18-16-10(15-17-18)7-2-1-3-20-7/h1-3,6H,4-5H2,(H,11,19)(H,12,13,14). The third kappa shape index (κ3) is 2.68. The van der Waals surface area contributed by atoms with Crippen molar-refractivity contribution in [3.8, 4) is 11.6 Å². The minimum absolute atomic E-state index is 0.0398. The number of nitrogens with one attached hydrogen (secondary N) is 2. The van der Waals surface area contributed by atoms with E-state index in [1.165, 1.54) is 17.4 Å². The van der Waals surface area contributed by atoms with Crippen LogP contribution in [0.3, 0.4) is 0 Å². The number of hydrogen-bond acceptors (Lipinski definition) is 7. The molecule has 3 aromatic rings. The topological polar surface area (TPSA) is 127 Å². The summed E-state index contributed by atoms with van der Waals surface area (Å²) in [4.78, 5) is 16.8. The van der Waals surface area contributed by atoms with Crippen LogP contribution in [0.4, 0.5) is 0 Å². The molecule has 0 aliphatic rings. The molecule has 20 heavy (non-hydrogen) atoms. The van der Waals surface area contributed by atoms with Gasteiger partial charge < -0.3 is 9.73 Å². The molecule has 0 aliphatic carbocycles. The average molecular weight is 274 g/mol. The summed E-state index contributed by atoms with van der Waals surface area (Å²) >= 11 is 0. The summed E-state index contributed by atoms with van der Waals surface area (Å²) in [6, 6.07) is 3.44. The zero-order chi connectivity index (χ0) is 13.8. The quantitative estimate of drug-likeness (QED) is 0.633. The summed E-state index contributed by atoms with van der Waals surface area (Å²) in [5, 5.41) is 20.6. The Bertz CT molecular complexity index is 672. The highest BCUT2D eigenvalue weighted by atomic mass is 16.3. The van der Waals surface area contributed by atoms with E-state index in [4.69, 9.17) is 4.42 Å². The number of carbonyl (C=O) groups is 1. The molecule has 10 nitrogen and oxygen atoms in total. The largest absolute Gasteiger partial charge is 0.461 e. The summed E-state index contributed by atoms with van der Waals surface area (Å²) in [7, 11) is 0. The summed E-state index contributed by atoms with van der Waals surface area (Å²) in [5.41, 5.74) is 0. The fourth-order valence-corrected chi connectivity index (χ4v) is 1.50. The molecule has 0 aliphatic heterocycles. The average Bonchev–Trinajstić information content (AvgIpc) is 3.18. The van der Waals surface area contributed by atoms with Crippen LogP contribution in [0, 0.1) is 0 Å². The second kappa shape index (κ2) is 5.30. The lowest BCUT2D eigenvalue weighted by atomic mass is 10.4. The fourth-order valence-electron chi connectivity index (χ4n) is 1.50. The fraction of sp³-hybridized carbons (Fsp3) is 0.200. The summed E-state index contributed by atoms with van der Waals surface area (Å²) < 4.78 is 5.14. The zero-order valence-corrected chi connectivity index (χ0v) is 10.2. The molecule has 0 spiro atoms. The van der Waals surface area contributed by atoms with Gasteiger partial charge in [-0.25, -0.2) is 4.98 Å². The van der Waals surface area contributed by atoms with E-state index in [1.807, 2.05) is 0 Å². The molecule has 3 rings (SSSR count). The first kappa shape index (κ1) is 12.0. The number of aromatic amines is 1. The maximum absolute atomic E-state index is 11.7. The highest BCUT2D eigenvalue weighted by molar-refractivity contribution is 5.75. The summed E-state index contributed by atoms with van der Waals surface area (Å²) in [5.74, 6) is 1.14. The SMILES string of the molecule is O=C(Cn1nnc(-c2ccco2)n1)NCc1ncn[nH]1. The van der Waals surface area contributed by atoms with Crippen LogP contribution in [0.1, 0.15) is 5.82 Å². The lowest BCUT2D eigenvalue weighted by Gasteiger charge is -2.01. The Morgan fingerprint density at radius 2 is 2.45 bits per heavy atom. The molecule has 0 saturated heterocycles. The summed E-state index contributed by atoms with van der Waals surface area (Å²) in [6.07, 6.45) is 2.89. The number of tetrazole rings is 1. The van der Waals surface area contributed by atoms with Crippen LogP contribution in [0.5, 0.6) is 0 Å². The van der Waals surface area contributed by atoms with Gasteiger partial charge in [-0.15, -0.1) is 10.2 Å². The minimum atomic E-state index is -0.259. The molecule has 3 heterocycles. The maximum atomic E-state index is 11.7. The molecule has 0 aromatic carbocycles. The number of hydrogen-bond donors (Lipinski definition) is 2. The van der Waals surface area contributed by atoms with Crippen LogP contribution in [0.2, 0.25) is 0 Å². The van der Waals surface area contributed by atoms with Gasteiger partial charge in [0.1, 0.15) is 18.7 Å². The second-order valence-electron chi connectivity index (χ2n) is 3.83. The number of H-pyrrole nitrogens is 1. The molecule has 2 N–H and O–H groups in total. The molecule has 1 amide bonds. The molecular weight excluding hydrogens is 264 g/mol. The van der Waals surface area contributed by atoms with Gasteiger partial charge in [-0.3, -0.25) is 9.89 Å². The Morgan fingerprint density at radius 1 is 1.50 bits per heavy atom. The Labute approximate surface area is 112 Å². The molecular formula is C10H10N8O2. The molecule has 0 unspecified atom stereocenters. The van der Waals surface area contributed by atoms with E-state index < -0.39 is 0 Å². The highest BCUT2D eigenvalue weighted by Gasteiger charge is 2.11. The number of aromatic nitrogens is 7. The summed E-state index contributed by atoms with van der Waals surface area (Å²) in [6.45, 7) is 0.223. The molecule has 0 fully saturated rings. The van der Waals surface area contributed by atoms with Crippen molar-refractivity contribution >= 4 is 5.91 Å². The first-order chi connectivity index (χ1) is 9.81. The van der Waals surface area contributed by atoms with Crippen LogP contribution in [-0.2, 0) is 17.9 Å². The van der Waals surface area contributed by atoms with Gasteiger partial charge in [0.05, 0.1) is 12.8 Å². The van der Waals surface area contributed by atoms with Crippen molar-refractivity contribution in [2.24, 2.45) is 0 Å². The highest BCUT2D eigenvalue weighted by Crippen LogP contribution is 2.12. The normalized spacial score (nSPS) is 10.6. The van der Waals surface area contributed by atoms with Gasteiger partial charge in [0.25, 0.3) is 0 Å². The number of amides is 1. The number of furan rings is 1. The van der Waals surface area contributed by atoms with Gasteiger partial charge in [-0.2, -0.15) is 9.90 Å². The van der Waals surface area contributed by atoms with E-state index in [1.54, 1.807) is 12.1 Å².